The number of pyridine rings is 1. The Hall–Kier alpha value is -4.32. The van der Waals surface area contributed by atoms with Crippen LogP contribution in [0.4, 0.5) is 0 Å². The molecule has 5 aliphatic rings. The molecule has 5 nitrogen and oxygen atoms in total. The molecule has 8 rings (SSSR count). The number of rotatable bonds is 14. The molecule has 0 radical (unpaired) electrons. The fourth-order valence-corrected chi connectivity index (χ4v) is 9.63. The largest absolute Gasteiger partial charge is 0.389 e. The van der Waals surface area contributed by atoms with Gasteiger partial charge in [-0.15, -0.1) is 0 Å². The molecule has 2 aromatic carbocycles. The lowest BCUT2D eigenvalue weighted by Crippen LogP contribution is -2.31. The molecular formula is C46H55BN4O. The van der Waals surface area contributed by atoms with Gasteiger partial charge in [-0.25, -0.2) is 4.98 Å². The monoisotopic (exact) mass is 690 g/mol. The van der Waals surface area contributed by atoms with Crippen molar-refractivity contribution in [3.05, 3.63) is 124 Å². The second kappa shape index (κ2) is 14.3. The number of carbonyl (C=O) groups is 1. The SMILES string of the molecule is Bc1cc2nc3c(c4c2c(c1C)CCC4NC(=C)C(CCNC(=C)CCCc1ccccc1)CC1CC1)CN1C(=C)C2=C(C=C31)C(CC)C(=O)CC2. The highest BCUT2D eigenvalue weighted by molar-refractivity contribution is 6.34. The van der Waals surface area contributed by atoms with E-state index in [1.807, 2.05) is 0 Å². The zero-order chi connectivity index (χ0) is 36.1. The van der Waals surface area contributed by atoms with Gasteiger partial charge in [-0.05, 0) is 117 Å². The van der Waals surface area contributed by atoms with Gasteiger partial charge in [0.05, 0.1) is 29.5 Å². The maximum atomic E-state index is 13.0. The van der Waals surface area contributed by atoms with E-state index in [9.17, 15) is 4.79 Å². The number of allylic oxidation sites excluding steroid dienone is 5. The van der Waals surface area contributed by atoms with Gasteiger partial charge in [0.2, 0.25) is 0 Å². The zero-order valence-electron chi connectivity index (χ0n) is 31.7. The molecule has 3 aromatic rings. The van der Waals surface area contributed by atoms with Crippen molar-refractivity contribution in [2.45, 2.75) is 103 Å². The predicted octanol–water partition coefficient (Wildman–Crippen LogP) is 8.19. The maximum Gasteiger partial charge on any atom is 0.140 e. The van der Waals surface area contributed by atoms with E-state index in [2.05, 4.69) is 92.9 Å². The summed E-state index contributed by atoms with van der Waals surface area (Å²) in [6, 6.07) is 13.2. The van der Waals surface area contributed by atoms with E-state index in [0.717, 1.165) is 98.7 Å². The molecule has 2 N–H and O–H groups in total. The van der Waals surface area contributed by atoms with Crippen LogP contribution in [0.1, 0.15) is 111 Å². The second-order valence-corrected chi connectivity index (χ2v) is 16.3. The van der Waals surface area contributed by atoms with Crippen molar-refractivity contribution in [3.63, 3.8) is 0 Å². The van der Waals surface area contributed by atoms with Gasteiger partial charge >= 0.3 is 0 Å². The van der Waals surface area contributed by atoms with Crippen LogP contribution in [0.2, 0.25) is 0 Å². The van der Waals surface area contributed by atoms with Crippen LogP contribution in [-0.2, 0) is 24.2 Å². The number of carbonyl (C=O) groups excluding carboxylic acids is 1. The molecule has 268 valence electrons. The van der Waals surface area contributed by atoms with E-state index in [4.69, 9.17) is 11.6 Å². The molecule has 52 heavy (non-hydrogen) atoms. The normalized spacial score (nSPS) is 21.0. The Morgan fingerprint density at radius 1 is 1.10 bits per heavy atom. The number of hydrogen-bond acceptors (Lipinski definition) is 5. The number of nitrogens with one attached hydrogen (secondary N) is 2. The molecule has 3 unspecified atom stereocenters. The first-order valence-electron chi connectivity index (χ1n) is 20.0. The number of Topliss-reactive ketones (excluding diaryl/α,β-unsaturated/α-hetero) is 1. The lowest BCUT2D eigenvalue weighted by molar-refractivity contribution is -0.122. The molecular weight excluding hydrogens is 635 g/mol. The minimum atomic E-state index is -0.0448. The third-order valence-electron chi connectivity index (χ3n) is 12.9. The van der Waals surface area contributed by atoms with Crippen molar-refractivity contribution >= 4 is 35.7 Å². The molecule has 2 aliphatic heterocycles. The summed E-state index contributed by atoms with van der Waals surface area (Å²) in [4.78, 5) is 20.9. The topological polar surface area (TPSA) is 57.3 Å². The van der Waals surface area contributed by atoms with E-state index in [1.54, 1.807) is 0 Å². The fourth-order valence-electron chi connectivity index (χ4n) is 9.63. The van der Waals surface area contributed by atoms with Crippen LogP contribution in [-0.4, -0.2) is 30.1 Å². The number of fused-ring (bicyclic) bond motifs is 4. The lowest BCUT2D eigenvalue weighted by atomic mass is 9.77. The molecule has 1 aromatic heterocycles. The molecule has 3 aliphatic carbocycles. The number of hydrogen-bond donors (Lipinski definition) is 2. The Bertz CT molecular complexity index is 2040. The van der Waals surface area contributed by atoms with Crippen LogP contribution in [0.25, 0.3) is 16.6 Å². The van der Waals surface area contributed by atoms with Crippen molar-refractivity contribution in [3.8, 4) is 0 Å². The van der Waals surface area contributed by atoms with Crippen molar-refractivity contribution in [2.75, 3.05) is 6.54 Å². The maximum absolute atomic E-state index is 13.0. The van der Waals surface area contributed by atoms with E-state index < -0.39 is 0 Å². The first-order chi connectivity index (χ1) is 25.2. The number of aryl methyl sites for hydroxylation is 2. The van der Waals surface area contributed by atoms with Crippen molar-refractivity contribution in [1.82, 2.24) is 20.5 Å². The Kier molecular flexibility index (Phi) is 9.53. The van der Waals surface area contributed by atoms with Crippen molar-refractivity contribution in [1.29, 1.82) is 0 Å². The van der Waals surface area contributed by atoms with Crippen LogP contribution < -0.4 is 16.1 Å². The van der Waals surface area contributed by atoms with Crippen LogP contribution in [0.5, 0.6) is 0 Å². The van der Waals surface area contributed by atoms with Crippen LogP contribution >= 0.6 is 0 Å². The van der Waals surface area contributed by atoms with Gasteiger partial charge in [0.15, 0.2) is 0 Å². The Morgan fingerprint density at radius 2 is 1.90 bits per heavy atom. The average Bonchev–Trinajstić information content (AvgIpc) is 3.89. The number of aromatic nitrogens is 1. The smallest absolute Gasteiger partial charge is 0.140 e. The molecule has 0 amide bonds. The zero-order valence-corrected chi connectivity index (χ0v) is 31.7. The van der Waals surface area contributed by atoms with Gasteiger partial charge in [0, 0.05) is 46.9 Å². The van der Waals surface area contributed by atoms with E-state index in [1.165, 1.54) is 74.8 Å². The predicted molar refractivity (Wildman–Crippen MR) is 218 cm³/mol. The number of ketones is 1. The molecule has 1 fully saturated rings. The lowest BCUT2D eigenvalue weighted by Gasteiger charge is -2.35. The van der Waals surface area contributed by atoms with Crippen LogP contribution in [0.3, 0.4) is 0 Å². The van der Waals surface area contributed by atoms with Crippen LogP contribution in [0.15, 0.2) is 90.4 Å². The Labute approximate surface area is 311 Å². The third kappa shape index (κ3) is 6.48. The minimum absolute atomic E-state index is 0.0448. The summed E-state index contributed by atoms with van der Waals surface area (Å²) in [7, 11) is 2.23. The highest BCUT2D eigenvalue weighted by atomic mass is 16.1. The van der Waals surface area contributed by atoms with Crippen molar-refractivity contribution < 1.29 is 4.79 Å². The van der Waals surface area contributed by atoms with Gasteiger partial charge in [0.1, 0.15) is 13.6 Å². The quantitative estimate of drug-likeness (QED) is 0.167. The first kappa shape index (κ1) is 34.8. The highest BCUT2D eigenvalue weighted by Crippen LogP contribution is 2.50. The molecule has 0 saturated heterocycles. The molecule has 0 spiro atoms. The first-order valence-corrected chi connectivity index (χ1v) is 20.0. The van der Waals surface area contributed by atoms with Gasteiger partial charge in [-0.1, -0.05) is 80.9 Å². The van der Waals surface area contributed by atoms with Gasteiger partial charge in [-0.3, -0.25) is 4.79 Å². The van der Waals surface area contributed by atoms with Gasteiger partial charge in [0.25, 0.3) is 0 Å². The average molecular weight is 691 g/mol. The van der Waals surface area contributed by atoms with E-state index in [0.29, 0.717) is 18.1 Å². The molecule has 3 heterocycles. The molecule has 1 saturated carbocycles. The Morgan fingerprint density at radius 3 is 2.67 bits per heavy atom. The number of benzene rings is 2. The Balaban J connectivity index is 1.05. The summed E-state index contributed by atoms with van der Waals surface area (Å²) in [5, 5.41) is 9.10. The van der Waals surface area contributed by atoms with Gasteiger partial charge < -0.3 is 15.5 Å². The molecule has 3 atom stereocenters. The highest BCUT2D eigenvalue weighted by Gasteiger charge is 2.41. The number of nitrogens with zero attached hydrogens (tertiary/aromatic N) is 2. The summed E-state index contributed by atoms with van der Waals surface area (Å²) in [5.41, 5.74) is 17.4. The van der Waals surface area contributed by atoms with E-state index >= 15 is 0 Å². The molecule has 6 heteroatoms. The molecule has 0 bridgehead atoms. The standard InChI is InChI=1S/C46H55BN4O/c1-6-34-37-24-42-46-38(26-51(42)30(5)36(37)18-20-43(34)52)45-40(19-17-35-28(3)39(47)25-41(50-46)44(35)45)49-29(4)33(23-32-15-16-32)21-22-48-27(2)11-10-14-31-12-8-7-9-13-31/h7-9,12-13,24-25,32-34,40,48-49H,2,4-6,10-11,14-23,26,47H2,1,3H3. The fraction of sp³-hybridized carbons (Fsp3) is 0.435. The van der Waals surface area contributed by atoms with Gasteiger partial charge in [-0.2, -0.15) is 0 Å². The van der Waals surface area contributed by atoms with Crippen molar-refractivity contribution in [2.24, 2.45) is 17.8 Å². The summed E-state index contributed by atoms with van der Waals surface area (Å²) < 4.78 is 0. The summed E-state index contributed by atoms with van der Waals surface area (Å²) in [6.07, 6.45) is 14.7. The third-order valence-corrected chi connectivity index (χ3v) is 12.9. The van der Waals surface area contributed by atoms with Crippen LogP contribution in [0, 0.1) is 24.7 Å². The summed E-state index contributed by atoms with van der Waals surface area (Å²) in [6.45, 7) is 19.9. The summed E-state index contributed by atoms with van der Waals surface area (Å²) >= 11 is 0. The second-order valence-electron chi connectivity index (χ2n) is 16.3. The summed E-state index contributed by atoms with van der Waals surface area (Å²) in [5.74, 6) is 1.55. The minimum Gasteiger partial charge on any atom is -0.389 e. The van der Waals surface area contributed by atoms with E-state index in [-0.39, 0.29) is 12.0 Å².